The number of rotatable bonds is 14. The van der Waals surface area contributed by atoms with Gasteiger partial charge in [-0.25, -0.2) is 0 Å². The zero-order valence-electron chi connectivity index (χ0n) is 73.3. The molecule has 0 aliphatic heterocycles. The first kappa shape index (κ1) is 77.5. The topological polar surface area (TPSA) is 59.0 Å². The Kier molecular flexibility index (Phi) is 18.2. The van der Waals surface area contributed by atoms with Crippen LogP contribution < -0.4 is 9.80 Å². The van der Waals surface area contributed by atoms with Crippen LogP contribution in [-0.2, 0) is 10.8 Å². The fourth-order valence-electron chi connectivity index (χ4n) is 20.9. The van der Waals surface area contributed by atoms with Crippen LogP contribution in [0.3, 0.4) is 0 Å². The van der Waals surface area contributed by atoms with Crippen molar-refractivity contribution < 1.29 is 17.7 Å². The van der Waals surface area contributed by atoms with E-state index in [0.29, 0.717) is 0 Å². The lowest BCUT2D eigenvalue weighted by molar-refractivity contribution is 0.660. The average molecular weight is 1690 g/mol. The van der Waals surface area contributed by atoms with Crippen molar-refractivity contribution in [2.75, 3.05) is 9.80 Å². The van der Waals surface area contributed by atoms with Gasteiger partial charge < -0.3 is 27.5 Å². The van der Waals surface area contributed by atoms with Crippen LogP contribution in [0.2, 0.25) is 0 Å². The largest absolute Gasteiger partial charge is 0.456 e. The Labute approximate surface area is 765 Å². The van der Waals surface area contributed by atoms with Crippen molar-refractivity contribution in [1.82, 2.24) is 0 Å². The fraction of sp³-hybridized carbons (Fsp3) is 0.0476. The summed E-state index contributed by atoms with van der Waals surface area (Å²) < 4.78 is 24.9. The molecule has 0 unspecified atom stereocenters. The molecule has 4 heterocycles. The molecule has 6 nitrogen and oxygen atoms in total. The highest BCUT2D eigenvalue weighted by molar-refractivity contribution is 6.11. The van der Waals surface area contributed by atoms with E-state index in [0.717, 1.165) is 166 Å². The van der Waals surface area contributed by atoms with E-state index in [1.807, 2.05) is 48.5 Å². The van der Waals surface area contributed by atoms with Gasteiger partial charge in [0.2, 0.25) is 0 Å². The van der Waals surface area contributed by atoms with Crippen LogP contribution in [0.1, 0.15) is 49.9 Å². The number of hydrogen-bond donors (Lipinski definition) is 0. The van der Waals surface area contributed by atoms with E-state index < -0.39 is 0 Å². The van der Waals surface area contributed by atoms with Crippen molar-refractivity contribution in [3.05, 3.63) is 471 Å². The molecule has 2 aliphatic carbocycles. The van der Waals surface area contributed by atoms with Crippen molar-refractivity contribution in [3.63, 3.8) is 0 Å². The molecule has 4 aromatic heterocycles. The van der Waals surface area contributed by atoms with Crippen LogP contribution in [0.15, 0.2) is 467 Å². The summed E-state index contributed by atoms with van der Waals surface area (Å²) in [6.07, 6.45) is 0. The van der Waals surface area contributed by atoms with Gasteiger partial charge in [-0.1, -0.05) is 343 Å². The molecule has 0 spiro atoms. The molecule has 0 amide bonds. The molecule has 20 aromatic carbocycles. The average Bonchev–Trinajstić information content (AvgIpc) is 1.58. The number of benzene rings is 20. The molecule has 0 radical (unpaired) electrons. The van der Waals surface area contributed by atoms with Gasteiger partial charge in [-0.2, -0.15) is 0 Å². The molecule has 0 atom stereocenters. The summed E-state index contributed by atoms with van der Waals surface area (Å²) in [7, 11) is 0. The maximum Gasteiger partial charge on any atom is 0.143 e. The molecule has 0 bridgehead atoms. The summed E-state index contributed by atoms with van der Waals surface area (Å²) in [5, 5.41) is 9.15. The normalized spacial score (nSPS) is 12.8. The maximum atomic E-state index is 6.37. The van der Waals surface area contributed by atoms with E-state index in [1.54, 1.807) is 0 Å². The molecule has 26 rings (SSSR count). The summed E-state index contributed by atoms with van der Waals surface area (Å²) >= 11 is 0. The number of fused-ring (bicyclic) bond motifs is 18. The Morgan fingerprint density at radius 1 is 0.152 bits per heavy atom. The summed E-state index contributed by atoms with van der Waals surface area (Å²) in [5.41, 5.74) is 43.0. The maximum absolute atomic E-state index is 6.37. The Hall–Kier alpha value is -16.8. The molecule has 0 saturated carbocycles. The molecule has 132 heavy (non-hydrogen) atoms. The number of anilines is 6. The zero-order valence-corrected chi connectivity index (χ0v) is 73.3. The van der Waals surface area contributed by atoms with Crippen LogP contribution in [-0.4, -0.2) is 0 Å². The molecule has 6 heteroatoms. The Balaban J connectivity index is 0.000000142. The Morgan fingerprint density at radius 2 is 0.402 bits per heavy atom. The number of furan rings is 4. The third-order valence-corrected chi connectivity index (χ3v) is 27.9. The summed E-state index contributed by atoms with van der Waals surface area (Å²) in [6, 6.07) is 162. The smallest absolute Gasteiger partial charge is 0.143 e. The highest BCUT2D eigenvalue weighted by Gasteiger charge is 2.38. The van der Waals surface area contributed by atoms with Crippen LogP contribution in [0.4, 0.5) is 34.1 Å². The predicted octanol–water partition coefficient (Wildman–Crippen LogP) is 35.9. The highest BCUT2D eigenvalue weighted by Crippen LogP contribution is 2.54. The minimum absolute atomic E-state index is 0.116. The highest BCUT2D eigenvalue weighted by atomic mass is 16.3. The lowest BCUT2D eigenvalue weighted by Gasteiger charge is -2.28. The van der Waals surface area contributed by atoms with E-state index in [2.05, 4.69) is 438 Å². The molecule has 624 valence electrons. The van der Waals surface area contributed by atoms with Gasteiger partial charge in [0.15, 0.2) is 0 Å². The SMILES string of the molecule is CC1(C)c2ccccc2-c2ccc(N(c3ccc(-c4ccc(-c5ccc6c(c5)oc5ccccc56)cc4)cc3)c3ccc(-c4ccc(-c5ccc6oc7ccccc7c6c5)cc4)cc3)cc21.CC1(C)c2ccccc2-c2ccc(N(c3ccc(-c4ccc(-c5ccc6c(c5)oc5ccccc56)cc4)cc3)c3ccc(-c4ccc(-c5cccc6c5oc5ccccc56)cc4)cc3)cc21. The van der Waals surface area contributed by atoms with Gasteiger partial charge in [0.05, 0.1) is 0 Å². The third-order valence-electron chi connectivity index (χ3n) is 27.9. The lowest BCUT2D eigenvalue weighted by Crippen LogP contribution is -2.16. The van der Waals surface area contributed by atoms with Crippen molar-refractivity contribution in [2.24, 2.45) is 0 Å². The van der Waals surface area contributed by atoms with Crippen LogP contribution in [0, 0.1) is 0 Å². The summed E-state index contributed by atoms with van der Waals surface area (Å²) in [6.45, 7) is 9.39. The van der Waals surface area contributed by atoms with Gasteiger partial charge in [-0.05, 0) is 261 Å². The second-order valence-corrected chi connectivity index (χ2v) is 36.2. The molecule has 2 aliphatic rings. The molecule has 24 aromatic rings. The summed E-state index contributed by atoms with van der Waals surface area (Å²) in [5.74, 6) is 0. The predicted molar refractivity (Wildman–Crippen MR) is 550 cm³/mol. The van der Waals surface area contributed by atoms with Crippen LogP contribution >= 0.6 is 0 Å². The van der Waals surface area contributed by atoms with Crippen molar-refractivity contribution >= 4 is 122 Å². The van der Waals surface area contributed by atoms with Gasteiger partial charge in [-0.15, -0.1) is 0 Å². The van der Waals surface area contributed by atoms with Gasteiger partial charge in [-0.3, -0.25) is 0 Å². The standard InChI is InChI=1S/2C63H43NO2/c1-63(2)57-15-6-3-10-51(57)52-37-35-49(39-58(52)63)64(47-31-26-42(27-32-47)40-18-20-44(21-19-40)46-30-36-55-53-11-4-7-16-59(53)65-61(55)38-46)48-33-28-43(29-34-48)41-22-24-45(25-23-41)50-13-9-14-56-54-12-5-8-17-60(54)66-62(50)56;1-63(2)57-12-6-3-9-51(57)52-35-33-50(39-58(52)63)64(48-29-23-42(24-30-48)40-15-19-44(20-16-40)46-28-36-61-56(37-46)54-11-5-8-14-60(54)65-61)49-31-25-43(26-32-49)41-17-21-45(22-18-41)47-27-34-55-53-10-4-7-13-59(53)66-62(55)38-47/h2*3-39H,1-2H3. The minimum Gasteiger partial charge on any atom is -0.456 e. The first-order chi connectivity index (χ1) is 64.9. The fourth-order valence-corrected chi connectivity index (χ4v) is 20.9. The number of nitrogens with zero attached hydrogens (tertiary/aromatic N) is 2. The number of hydrogen-bond acceptors (Lipinski definition) is 6. The van der Waals surface area contributed by atoms with Gasteiger partial charge in [0.25, 0.3) is 0 Å². The van der Waals surface area contributed by atoms with E-state index in [4.69, 9.17) is 17.7 Å². The molecule has 0 fully saturated rings. The summed E-state index contributed by atoms with van der Waals surface area (Å²) in [4.78, 5) is 4.78. The molecule has 0 saturated heterocycles. The van der Waals surface area contributed by atoms with Crippen molar-refractivity contribution in [2.45, 2.75) is 38.5 Å². The van der Waals surface area contributed by atoms with E-state index in [1.165, 1.54) is 89.0 Å². The molecule has 0 N–H and O–H groups in total. The van der Waals surface area contributed by atoms with E-state index in [9.17, 15) is 0 Å². The zero-order chi connectivity index (χ0) is 87.9. The first-order valence-corrected chi connectivity index (χ1v) is 45.4. The Morgan fingerprint density at radius 3 is 0.795 bits per heavy atom. The second kappa shape index (κ2) is 31.0. The van der Waals surface area contributed by atoms with Crippen molar-refractivity contribution in [3.8, 4) is 111 Å². The van der Waals surface area contributed by atoms with Crippen molar-refractivity contribution in [1.29, 1.82) is 0 Å². The van der Waals surface area contributed by atoms with Crippen LogP contribution in [0.25, 0.3) is 199 Å². The quantitative estimate of drug-likeness (QED) is 0.108. The molecular formula is C126H86N2O4. The van der Waals surface area contributed by atoms with Crippen LogP contribution in [0.5, 0.6) is 0 Å². The minimum atomic E-state index is -0.118. The second-order valence-electron chi connectivity index (χ2n) is 36.2. The Bertz CT molecular complexity index is 8630. The third kappa shape index (κ3) is 13.2. The lowest BCUT2D eigenvalue weighted by atomic mass is 9.82. The van der Waals surface area contributed by atoms with Gasteiger partial charge in [0.1, 0.15) is 44.7 Å². The molecular weight excluding hydrogens is 1610 g/mol. The van der Waals surface area contributed by atoms with E-state index >= 15 is 0 Å². The van der Waals surface area contributed by atoms with Gasteiger partial charge >= 0.3 is 0 Å². The van der Waals surface area contributed by atoms with Gasteiger partial charge in [0, 0.05) is 93.6 Å². The van der Waals surface area contributed by atoms with E-state index in [-0.39, 0.29) is 10.8 Å². The number of para-hydroxylation sites is 5. The monoisotopic (exact) mass is 1690 g/mol. The first-order valence-electron chi connectivity index (χ1n) is 45.4.